The Morgan fingerprint density at radius 1 is 0.979 bits per heavy atom. The number of methoxy groups -OCH3 is 2. The fourth-order valence-electron chi connectivity index (χ4n) is 5.27. The van der Waals surface area contributed by atoms with Gasteiger partial charge in [-0.15, -0.1) is 0 Å². The fourth-order valence-corrected chi connectivity index (χ4v) is 6.28. The molecule has 0 saturated carbocycles. The van der Waals surface area contributed by atoms with E-state index in [1.165, 1.54) is 18.8 Å². The van der Waals surface area contributed by atoms with E-state index in [1.54, 1.807) is 55.5 Å². The second-order valence-corrected chi connectivity index (χ2v) is 11.3. The lowest BCUT2D eigenvalue weighted by atomic mass is 9.93. The van der Waals surface area contributed by atoms with Gasteiger partial charge in [-0.3, -0.25) is 29.6 Å². The van der Waals surface area contributed by atoms with Crippen molar-refractivity contribution in [1.82, 2.24) is 4.57 Å². The molecule has 0 N–H and O–H groups in total. The van der Waals surface area contributed by atoms with Gasteiger partial charge in [-0.25, -0.2) is 9.79 Å². The zero-order valence-electron chi connectivity index (χ0n) is 26.3. The number of nitro groups is 2. The van der Waals surface area contributed by atoms with Gasteiger partial charge in [-0.2, -0.15) is 0 Å². The molecule has 0 amide bonds. The zero-order valence-corrected chi connectivity index (χ0v) is 27.1. The van der Waals surface area contributed by atoms with Crippen LogP contribution < -0.4 is 29.1 Å². The lowest BCUT2D eigenvalue weighted by molar-refractivity contribution is -0.394. The SMILES string of the molecule is CCCC1=C(C(=O)OCC)[C@@H](c2cc(OC)ccc2OC)n2c(s/c(=C/c3ccccc3Oc3ccc([N+](=O)[O-])cc3[N+](=O)[O-])c2=O)=N1. The topological polar surface area (TPSA) is 175 Å². The van der Waals surface area contributed by atoms with Gasteiger partial charge in [0.15, 0.2) is 4.80 Å². The summed E-state index contributed by atoms with van der Waals surface area (Å²) < 4.78 is 24.2. The van der Waals surface area contributed by atoms with Crippen LogP contribution in [0.25, 0.3) is 6.08 Å². The number of benzene rings is 3. The highest BCUT2D eigenvalue weighted by molar-refractivity contribution is 7.07. The first-order valence-electron chi connectivity index (χ1n) is 14.7. The van der Waals surface area contributed by atoms with Gasteiger partial charge in [0.1, 0.15) is 23.3 Å². The van der Waals surface area contributed by atoms with Gasteiger partial charge in [0, 0.05) is 17.2 Å². The van der Waals surface area contributed by atoms with Crippen LogP contribution >= 0.6 is 11.3 Å². The number of thiazole rings is 1. The molecule has 0 bridgehead atoms. The number of ether oxygens (including phenoxy) is 4. The van der Waals surface area contributed by atoms with Gasteiger partial charge in [0.05, 0.1) is 52.5 Å². The number of non-ortho nitro benzene ring substituents is 1. The average molecular weight is 675 g/mol. The van der Waals surface area contributed by atoms with E-state index in [1.807, 2.05) is 6.92 Å². The molecule has 1 aliphatic heterocycles. The number of esters is 1. The third kappa shape index (κ3) is 6.53. The van der Waals surface area contributed by atoms with E-state index in [-0.39, 0.29) is 28.2 Å². The second-order valence-electron chi connectivity index (χ2n) is 10.3. The first kappa shape index (κ1) is 33.5. The molecule has 0 spiro atoms. The zero-order chi connectivity index (χ0) is 34.5. The Hall–Kier alpha value is -5.83. The molecular formula is C33H30N4O10S. The van der Waals surface area contributed by atoms with Crippen LogP contribution in [0.3, 0.4) is 0 Å². The number of rotatable bonds is 12. The van der Waals surface area contributed by atoms with Crippen LogP contribution in [0.2, 0.25) is 0 Å². The third-order valence-electron chi connectivity index (χ3n) is 7.40. The molecule has 1 aromatic heterocycles. The molecule has 248 valence electrons. The maximum atomic E-state index is 14.3. The smallest absolute Gasteiger partial charge is 0.338 e. The van der Waals surface area contributed by atoms with Gasteiger partial charge in [-0.1, -0.05) is 42.9 Å². The standard InChI is InChI=1S/C33H30N4O10S/c1-5-9-23-29(32(39)46-6-2)30(22-18-21(44-3)13-15-26(22)45-4)35-31(38)28(48-33(35)34-23)16-19-10-7-8-11-25(19)47-27-14-12-20(36(40)41)17-24(27)37(42)43/h7-8,10-18,30H,5-6,9H2,1-4H3/b28-16+/t30-/m1/s1. The van der Waals surface area contributed by atoms with E-state index in [2.05, 4.69) is 0 Å². The van der Waals surface area contributed by atoms with Crippen molar-refractivity contribution < 1.29 is 33.6 Å². The Morgan fingerprint density at radius 2 is 1.73 bits per heavy atom. The van der Waals surface area contributed by atoms with Gasteiger partial charge in [0.25, 0.3) is 11.2 Å². The van der Waals surface area contributed by atoms with E-state index in [0.717, 1.165) is 29.5 Å². The number of carbonyl (C=O) groups is 1. The predicted octanol–water partition coefficient (Wildman–Crippen LogP) is 5.20. The van der Waals surface area contributed by atoms with Crippen molar-refractivity contribution in [3.8, 4) is 23.0 Å². The molecule has 14 nitrogen and oxygen atoms in total. The highest BCUT2D eigenvalue weighted by atomic mass is 32.1. The number of carbonyl (C=O) groups excluding carboxylic acids is 1. The Bertz CT molecular complexity index is 2140. The van der Waals surface area contributed by atoms with Crippen molar-refractivity contribution in [3.63, 3.8) is 0 Å². The third-order valence-corrected chi connectivity index (χ3v) is 8.38. The van der Waals surface area contributed by atoms with Crippen LogP contribution in [0, 0.1) is 20.2 Å². The molecule has 15 heteroatoms. The number of fused-ring (bicyclic) bond motifs is 1. The van der Waals surface area contributed by atoms with Crippen molar-refractivity contribution in [2.45, 2.75) is 32.7 Å². The molecule has 48 heavy (non-hydrogen) atoms. The Labute approximate surface area is 277 Å². The van der Waals surface area contributed by atoms with Crippen molar-refractivity contribution in [1.29, 1.82) is 0 Å². The molecule has 4 aromatic rings. The summed E-state index contributed by atoms with van der Waals surface area (Å²) in [6.07, 6.45) is 2.66. The van der Waals surface area contributed by atoms with Gasteiger partial charge in [0.2, 0.25) is 5.75 Å². The van der Waals surface area contributed by atoms with Gasteiger partial charge in [-0.05, 0) is 49.8 Å². The minimum absolute atomic E-state index is 0.109. The van der Waals surface area contributed by atoms with Crippen LogP contribution in [0.1, 0.15) is 43.9 Å². The fraction of sp³-hybridized carbons (Fsp3) is 0.242. The van der Waals surface area contributed by atoms with Gasteiger partial charge < -0.3 is 18.9 Å². The van der Waals surface area contributed by atoms with Crippen LogP contribution in [0.15, 0.2) is 81.7 Å². The highest BCUT2D eigenvalue weighted by Gasteiger charge is 2.36. The quantitative estimate of drug-likeness (QED) is 0.110. The van der Waals surface area contributed by atoms with Crippen molar-refractivity contribution in [3.05, 3.63) is 123 Å². The van der Waals surface area contributed by atoms with E-state index in [4.69, 9.17) is 23.9 Å². The van der Waals surface area contributed by atoms with E-state index in [0.29, 0.717) is 46.0 Å². The molecule has 2 heterocycles. The number of aromatic nitrogens is 1. The highest BCUT2D eigenvalue weighted by Crippen LogP contribution is 2.39. The number of nitro benzene ring substituents is 2. The molecule has 3 aromatic carbocycles. The maximum Gasteiger partial charge on any atom is 0.338 e. The van der Waals surface area contributed by atoms with Crippen LogP contribution in [0.5, 0.6) is 23.0 Å². The normalized spacial score (nSPS) is 14.2. The second kappa shape index (κ2) is 14.3. The Morgan fingerprint density at radius 3 is 2.40 bits per heavy atom. The minimum atomic E-state index is -0.969. The summed E-state index contributed by atoms with van der Waals surface area (Å²) in [7, 11) is 2.99. The first-order chi connectivity index (χ1) is 23.1. The van der Waals surface area contributed by atoms with Crippen molar-refractivity contribution >= 4 is 34.8 Å². The van der Waals surface area contributed by atoms with Crippen LogP contribution in [0.4, 0.5) is 11.4 Å². The summed E-state index contributed by atoms with van der Waals surface area (Å²) in [5.74, 6) is 0.221. The minimum Gasteiger partial charge on any atom is -0.497 e. The van der Waals surface area contributed by atoms with E-state index in [9.17, 15) is 29.8 Å². The van der Waals surface area contributed by atoms with Crippen LogP contribution in [-0.2, 0) is 9.53 Å². The predicted molar refractivity (Wildman–Crippen MR) is 175 cm³/mol. The first-order valence-corrected chi connectivity index (χ1v) is 15.6. The monoisotopic (exact) mass is 674 g/mol. The molecule has 5 rings (SSSR count). The molecule has 0 radical (unpaired) electrons. The van der Waals surface area contributed by atoms with E-state index < -0.39 is 38.8 Å². The summed E-state index contributed by atoms with van der Waals surface area (Å²) in [4.78, 5) is 54.4. The maximum absolute atomic E-state index is 14.3. The van der Waals surface area contributed by atoms with Crippen LogP contribution in [-0.4, -0.2) is 41.2 Å². The summed E-state index contributed by atoms with van der Waals surface area (Å²) >= 11 is 1.09. The molecular weight excluding hydrogens is 644 g/mol. The number of hydrogen-bond donors (Lipinski definition) is 0. The lowest BCUT2D eigenvalue weighted by Crippen LogP contribution is -2.40. The Balaban J connectivity index is 1.72. The number of nitrogens with zero attached hydrogens (tertiary/aromatic N) is 4. The van der Waals surface area contributed by atoms with Crippen molar-refractivity contribution in [2.75, 3.05) is 20.8 Å². The molecule has 0 saturated heterocycles. The summed E-state index contributed by atoms with van der Waals surface area (Å²) in [5.41, 5.74) is 0.0406. The molecule has 0 fully saturated rings. The van der Waals surface area contributed by atoms with Gasteiger partial charge >= 0.3 is 11.7 Å². The molecule has 0 aliphatic carbocycles. The lowest BCUT2D eigenvalue weighted by Gasteiger charge is -2.27. The number of para-hydroxylation sites is 1. The number of hydrogen-bond acceptors (Lipinski definition) is 12. The average Bonchev–Trinajstić information content (AvgIpc) is 3.38. The summed E-state index contributed by atoms with van der Waals surface area (Å²) in [6.45, 7) is 3.75. The van der Waals surface area contributed by atoms with E-state index >= 15 is 0 Å². The molecule has 1 aliphatic rings. The summed E-state index contributed by atoms with van der Waals surface area (Å²) in [5, 5.41) is 22.9. The largest absolute Gasteiger partial charge is 0.497 e. The van der Waals surface area contributed by atoms with Crippen molar-refractivity contribution in [2.24, 2.45) is 4.99 Å². The molecule has 1 atom stereocenters. The summed E-state index contributed by atoms with van der Waals surface area (Å²) in [6, 6.07) is 13.7. The number of allylic oxidation sites excluding steroid dienone is 1. The molecule has 0 unspecified atom stereocenters. The Kier molecular flexibility index (Phi) is 9.99.